The van der Waals surface area contributed by atoms with Gasteiger partial charge in [0.15, 0.2) is 17.3 Å². The van der Waals surface area contributed by atoms with E-state index < -0.39 is 11.4 Å². The van der Waals surface area contributed by atoms with Crippen LogP contribution < -0.4 is 9.47 Å². The maximum Gasteiger partial charge on any atom is 0.235 e. The third kappa shape index (κ3) is 1.99. The molecule has 0 aromatic heterocycles. The first kappa shape index (κ1) is 12.5. The summed E-state index contributed by atoms with van der Waals surface area (Å²) in [5, 5.41) is -0.109. The molecule has 4 nitrogen and oxygen atoms in total. The zero-order chi connectivity index (χ0) is 13.5. The molecule has 0 atom stereocenters. The summed E-state index contributed by atoms with van der Waals surface area (Å²) < 4.78 is 25.2. The average Bonchev–Trinajstić information content (AvgIpc) is 3.18. The van der Waals surface area contributed by atoms with Crippen molar-refractivity contribution in [2.45, 2.75) is 24.8 Å². The maximum atomic E-state index is 14.3. The minimum absolute atomic E-state index is 0.109. The Kier molecular flexibility index (Phi) is 2.96. The zero-order valence-electron chi connectivity index (χ0n) is 10.0. The van der Waals surface area contributed by atoms with Crippen molar-refractivity contribution in [1.82, 2.24) is 0 Å². The Hall–Kier alpha value is -1.58. The third-order valence-electron chi connectivity index (χ3n) is 3.41. The number of hydrogen-bond acceptors (Lipinski definition) is 4. The van der Waals surface area contributed by atoms with Gasteiger partial charge >= 0.3 is 0 Å². The fourth-order valence-corrected chi connectivity index (χ4v) is 2.48. The molecule has 0 unspecified atom stereocenters. The van der Waals surface area contributed by atoms with Crippen molar-refractivity contribution in [1.29, 1.82) is 0 Å². The molecule has 1 fully saturated rings. The lowest BCUT2D eigenvalue weighted by Gasteiger charge is -2.16. The summed E-state index contributed by atoms with van der Waals surface area (Å²) >= 11 is 6.00. The van der Waals surface area contributed by atoms with E-state index in [-0.39, 0.29) is 16.3 Å². The van der Waals surface area contributed by atoms with Gasteiger partial charge in [0, 0.05) is 12.0 Å². The zero-order valence-corrected chi connectivity index (χ0v) is 10.8. The van der Waals surface area contributed by atoms with Crippen LogP contribution in [0.1, 0.15) is 24.8 Å². The highest BCUT2D eigenvalue weighted by molar-refractivity contribution is 6.32. The number of ether oxygens (including phenoxy) is 2. The summed E-state index contributed by atoms with van der Waals surface area (Å²) in [5.41, 5.74) is -0.537. The summed E-state index contributed by atoms with van der Waals surface area (Å²) in [7, 11) is 0. The predicted molar refractivity (Wildman–Crippen MR) is 66.1 cm³/mol. The average molecular weight is 284 g/mol. The molecule has 6 heteroatoms. The van der Waals surface area contributed by atoms with Gasteiger partial charge in [-0.25, -0.2) is 9.18 Å². The van der Waals surface area contributed by atoms with Gasteiger partial charge in [0.05, 0.1) is 13.2 Å². The van der Waals surface area contributed by atoms with Gasteiger partial charge in [-0.05, 0) is 18.9 Å². The predicted octanol–water partition coefficient (Wildman–Crippen LogP) is 2.97. The smallest absolute Gasteiger partial charge is 0.235 e. The molecule has 0 N–H and O–H groups in total. The summed E-state index contributed by atoms with van der Waals surface area (Å²) in [4.78, 5) is 14.2. The Morgan fingerprint density at radius 2 is 2.11 bits per heavy atom. The number of rotatable bonds is 2. The van der Waals surface area contributed by atoms with Gasteiger partial charge in [-0.3, -0.25) is 0 Å². The van der Waals surface area contributed by atoms with Crippen molar-refractivity contribution in [2.75, 3.05) is 13.2 Å². The van der Waals surface area contributed by atoms with E-state index >= 15 is 0 Å². The molecular formula is C13H11ClFNO3. The molecule has 0 spiro atoms. The number of benzene rings is 1. The quantitative estimate of drug-likeness (QED) is 0.619. The number of hydrogen-bond donors (Lipinski definition) is 0. The van der Waals surface area contributed by atoms with Crippen LogP contribution >= 0.6 is 11.6 Å². The molecule has 19 heavy (non-hydrogen) atoms. The van der Waals surface area contributed by atoms with Crippen molar-refractivity contribution >= 4 is 17.7 Å². The number of aliphatic imine (C=N–C) groups is 1. The normalized spacial score (nSPS) is 19.3. The summed E-state index contributed by atoms with van der Waals surface area (Å²) in [6, 6.07) is 1.54. The van der Waals surface area contributed by atoms with Crippen LogP contribution in [0.25, 0.3) is 0 Å². The number of nitrogens with zero attached hydrogens (tertiary/aromatic N) is 1. The number of carbonyl (C=O) groups excluding carboxylic acids is 1. The second-order valence-corrected chi connectivity index (χ2v) is 5.04. The number of isocyanates is 1. The Morgan fingerprint density at radius 3 is 2.79 bits per heavy atom. The van der Waals surface area contributed by atoms with E-state index in [2.05, 4.69) is 4.99 Å². The SMILES string of the molecule is O=C=NC1(c2cc3c(c(Cl)c2F)OCCCO3)CC1. The molecular weight excluding hydrogens is 273 g/mol. The van der Waals surface area contributed by atoms with Crippen molar-refractivity contribution in [2.24, 2.45) is 4.99 Å². The van der Waals surface area contributed by atoms with Crippen molar-refractivity contribution in [3.63, 3.8) is 0 Å². The van der Waals surface area contributed by atoms with Crippen molar-refractivity contribution in [3.8, 4) is 11.5 Å². The van der Waals surface area contributed by atoms with E-state index in [4.69, 9.17) is 21.1 Å². The van der Waals surface area contributed by atoms with Crippen molar-refractivity contribution < 1.29 is 18.7 Å². The lowest BCUT2D eigenvalue weighted by atomic mass is 10.0. The van der Waals surface area contributed by atoms with Crippen LogP contribution in [-0.2, 0) is 10.3 Å². The summed E-state index contributed by atoms with van der Waals surface area (Å²) in [5.74, 6) is 0.0417. The molecule has 0 amide bonds. The second-order valence-electron chi connectivity index (χ2n) is 4.66. The molecule has 2 aliphatic rings. The Balaban J connectivity index is 2.14. The van der Waals surface area contributed by atoms with Crippen LogP contribution in [0.2, 0.25) is 5.02 Å². The molecule has 1 aromatic rings. The largest absolute Gasteiger partial charge is 0.489 e. The fraction of sp³-hybridized carbons (Fsp3) is 0.462. The van der Waals surface area contributed by atoms with Gasteiger partial charge in [-0.1, -0.05) is 11.6 Å². The van der Waals surface area contributed by atoms with Gasteiger partial charge in [-0.2, -0.15) is 4.99 Å². The van der Waals surface area contributed by atoms with E-state index in [9.17, 15) is 9.18 Å². The molecule has 1 aliphatic heterocycles. The molecule has 1 saturated carbocycles. The lowest BCUT2D eigenvalue weighted by molar-refractivity contribution is 0.296. The van der Waals surface area contributed by atoms with Crippen LogP contribution in [0.4, 0.5) is 4.39 Å². The van der Waals surface area contributed by atoms with Crippen LogP contribution in [0.15, 0.2) is 11.1 Å². The second kappa shape index (κ2) is 4.51. The highest BCUT2D eigenvalue weighted by Crippen LogP contribution is 2.53. The van der Waals surface area contributed by atoms with E-state index in [1.54, 1.807) is 0 Å². The van der Waals surface area contributed by atoms with Gasteiger partial charge in [0.1, 0.15) is 10.6 Å². The topological polar surface area (TPSA) is 47.9 Å². The van der Waals surface area contributed by atoms with E-state index in [0.29, 0.717) is 38.2 Å². The van der Waals surface area contributed by atoms with Crippen LogP contribution in [-0.4, -0.2) is 19.3 Å². The van der Waals surface area contributed by atoms with E-state index in [0.717, 1.165) is 0 Å². The number of fused-ring (bicyclic) bond motifs is 1. The molecule has 3 rings (SSSR count). The molecule has 1 heterocycles. The highest BCUT2D eigenvalue weighted by atomic mass is 35.5. The van der Waals surface area contributed by atoms with Crippen LogP contribution in [0.3, 0.4) is 0 Å². The minimum atomic E-state index is -0.819. The standard InChI is InChI=1S/C13H11ClFNO3/c14-10-11(15)8(13(2-3-13)16-7-17)6-9-12(10)19-5-1-4-18-9/h6H,1-5H2. The Bertz CT molecular complexity index is 580. The van der Waals surface area contributed by atoms with Gasteiger partial charge < -0.3 is 9.47 Å². The number of halogens is 2. The minimum Gasteiger partial charge on any atom is -0.489 e. The first-order valence-corrected chi connectivity index (χ1v) is 6.43. The van der Waals surface area contributed by atoms with Crippen molar-refractivity contribution in [3.05, 3.63) is 22.5 Å². The maximum absolute atomic E-state index is 14.3. The van der Waals surface area contributed by atoms with E-state index in [1.165, 1.54) is 12.1 Å². The van der Waals surface area contributed by atoms with Gasteiger partial charge in [-0.15, -0.1) is 0 Å². The molecule has 0 radical (unpaired) electrons. The molecule has 100 valence electrons. The Labute approximate surface area is 114 Å². The molecule has 0 bridgehead atoms. The van der Waals surface area contributed by atoms with Crippen LogP contribution in [0, 0.1) is 5.82 Å². The van der Waals surface area contributed by atoms with E-state index in [1.807, 2.05) is 0 Å². The fourth-order valence-electron chi connectivity index (χ4n) is 2.23. The molecule has 0 saturated heterocycles. The van der Waals surface area contributed by atoms with Crippen LogP contribution in [0.5, 0.6) is 11.5 Å². The summed E-state index contributed by atoms with van der Waals surface area (Å²) in [6.07, 6.45) is 3.42. The first-order valence-electron chi connectivity index (χ1n) is 6.05. The summed E-state index contributed by atoms with van der Waals surface area (Å²) in [6.45, 7) is 0.918. The molecule has 1 aliphatic carbocycles. The van der Waals surface area contributed by atoms with Gasteiger partial charge in [0.2, 0.25) is 6.08 Å². The van der Waals surface area contributed by atoms with Gasteiger partial charge in [0.25, 0.3) is 0 Å². The molecule has 1 aromatic carbocycles. The monoisotopic (exact) mass is 283 g/mol. The third-order valence-corrected chi connectivity index (χ3v) is 3.74. The Morgan fingerprint density at radius 1 is 1.37 bits per heavy atom. The lowest BCUT2D eigenvalue weighted by Crippen LogP contribution is -2.08. The first-order chi connectivity index (χ1) is 9.18. The highest BCUT2D eigenvalue weighted by Gasteiger charge is 2.48.